The summed E-state index contributed by atoms with van der Waals surface area (Å²) in [5.41, 5.74) is -0.162. The molecule has 1 rings (SSSR count). The van der Waals surface area contributed by atoms with E-state index in [1.54, 1.807) is 6.92 Å². The molecule has 72 valence electrons. The molecular formula is C10H16N2O. The summed E-state index contributed by atoms with van der Waals surface area (Å²) in [6, 6.07) is 1.63. The smallest absolute Gasteiger partial charge is 0.227 e. The van der Waals surface area contributed by atoms with E-state index < -0.39 is 0 Å². The van der Waals surface area contributed by atoms with Gasteiger partial charge in [0.2, 0.25) is 5.91 Å². The fourth-order valence-corrected chi connectivity index (χ4v) is 1.57. The number of nitriles is 1. The second kappa shape index (κ2) is 3.37. The standard InChI is InChI=1S/C10H16N2O/c1-7(2)10(4-5-10)9(13)12-8(3)6-11/h7-8H,4-5H2,1-3H3,(H,12,13)/t8-/m0/s1. The summed E-state index contributed by atoms with van der Waals surface area (Å²) < 4.78 is 0. The topological polar surface area (TPSA) is 52.9 Å². The Labute approximate surface area is 79.1 Å². The molecule has 1 amide bonds. The highest BCUT2D eigenvalue weighted by atomic mass is 16.2. The van der Waals surface area contributed by atoms with E-state index in [-0.39, 0.29) is 17.4 Å². The summed E-state index contributed by atoms with van der Waals surface area (Å²) in [4.78, 5) is 11.7. The first-order valence-corrected chi connectivity index (χ1v) is 4.73. The number of carbonyl (C=O) groups is 1. The Bertz CT molecular complexity index is 248. The molecule has 3 nitrogen and oxygen atoms in total. The van der Waals surface area contributed by atoms with Crippen molar-refractivity contribution >= 4 is 5.91 Å². The lowest BCUT2D eigenvalue weighted by Crippen LogP contribution is -2.39. The van der Waals surface area contributed by atoms with E-state index in [4.69, 9.17) is 5.26 Å². The molecule has 0 heterocycles. The number of amides is 1. The van der Waals surface area contributed by atoms with Crippen molar-refractivity contribution in [2.24, 2.45) is 11.3 Å². The number of carbonyl (C=O) groups excluding carboxylic acids is 1. The molecule has 0 bridgehead atoms. The zero-order valence-corrected chi connectivity index (χ0v) is 8.42. The highest BCUT2D eigenvalue weighted by Crippen LogP contribution is 2.52. The van der Waals surface area contributed by atoms with Crippen LogP contribution >= 0.6 is 0 Å². The third-order valence-corrected chi connectivity index (χ3v) is 2.89. The zero-order chi connectivity index (χ0) is 10.1. The van der Waals surface area contributed by atoms with Crippen molar-refractivity contribution in [3.63, 3.8) is 0 Å². The quantitative estimate of drug-likeness (QED) is 0.714. The molecular weight excluding hydrogens is 164 g/mol. The summed E-state index contributed by atoms with van der Waals surface area (Å²) in [7, 11) is 0. The predicted molar refractivity (Wildman–Crippen MR) is 49.7 cm³/mol. The number of nitrogens with zero attached hydrogens (tertiary/aromatic N) is 1. The van der Waals surface area contributed by atoms with Gasteiger partial charge in [-0.15, -0.1) is 0 Å². The maximum Gasteiger partial charge on any atom is 0.227 e. The third kappa shape index (κ3) is 1.82. The summed E-state index contributed by atoms with van der Waals surface area (Å²) >= 11 is 0. The molecule has 13 heavy (non-hydrogen) atoms. The molecule has 0 aromatic heterocycles. The highest BCUT2D eigenvalue weighted by molar-refractivity contribution is 5.86. The van der Waals surface area contributed by atoms with Gasteiger partial charge >= 0.3 is 0 Å². The lowest BCUT2D eigenvalue weighted by Gasteiger charge is -2.19. The molecule has 0 unspecified atom stereocenters. The minimum absolute atomic E-state index is 0.0524. The maximum atomic E-state index is 11.7. The second-order valence-electron chi connectivity index (χ2n) is 4.14. The number of hydrogen-bond donors (Lipinski definition) is 1. The van der Waals surface area contributed by atoms with Gasteiger partial charge in [-0.3, -0.25) is 4.79 Å². The molecule has 0 aromatic carbocycles. The summed E-state index contributed by atoms with van der Waals surface area (Å²) in [6.45, 7) is 5.82. The molecule has 0 spiro atoms. The van der Waals surface area contributed by atoms with Crippen LogP contribution in [0.25, 0.3) is 0 Å². The van der Waals surface area contributed by atoms with Crippen LogP contribution < -0.4 is 5.32 Å². The molecule has 1 aliphatic rings. The predicted octanol–water partition coefficient (Wildman–Crippen LogP) is 1.45. The Hall–Kier alpha value is -1.04. The number of nitrogens with one attached hydrogen (secondary N) is 1. The van der Waals surface area contributed by atoms with Gasteiger partial charge in [-0.2, -0.15) is 5.26 Å². The largest absolute Gasteiger partial charge is 0.340 e. The Morgan fingerprint density at radius 1 is 1.46 bits per heavy atom. The van der Waals surface area contributed by atoms with Gasteiger partial charge in [0, 0.05) is 0 Å². The minimum Gasteiger partial charge on any atom is -0.340 e. The summed E-state index contributed by atoms with van der Waals surface area (Å²) in [6.07, 6.45) is 1.93. The van der Waals surface area contributed by atoms with Crippen LogP contribution in [0.3, 0.4) is 0 Å². The van der Waals surface area contributed by atoms with Gasteiger partial charge in [0.15, 0.2) is 0 Å². The SMILES string of the molecule is CC(C)C1(C(=O)N[C@@H](C)C#N)CC1. The molecule has 0 aliphatic heterocycles. The Kier molecular flexibility index (Phi) is 2.60. The first kappa shape index (κ1) is 10.0. The van der Waals surface area contributed by atoms with E-state index in [1.807, 2.05) is 6.07 Å². The van der Waals surface area contributed by atoms with Gasteiger partial charge < -0.3 is 5.32 Å². The van der Waals surface area contributed by atoms with Gasteiger partial charge in [-0.1, -0.05) is 13.8 Å². The maximum absolute atomic E-state index is 11.7. The second-order valence-corrected chi connectivity index (χ2v) is 4.14. The average Bonchev–Trinajstić information content (AvgIpc) is 2.83. The fraction of sp³-hybridized carbons (Fsp3) is 0.800. The summed E-state index contributed by atoms with van der Waals surface area (Å²) in [5, 5.41) is 11.3. The van der Waals surface area contributed by atoms with Crippen molar-refractivity contribution in [1.29, 1.82) is 5.26 Å². The first-order chi connectivity index (χ1) is 6.03. The zero-order valence-electron chi connectivity index (χ0n) is 8.42. The van der Waals surface area contributed by atoms with E-state index in [0.717, 1.165) is 12.8 Å². The normalized spacial score (nSPS) is 20.5. The third-order valence-electron chi connectivity index (χ3n) is 2.89. The molecule has 1 atom stereocenters. The van der Waals surface area contributed by atoms with E-state index in [2.05, 4.69) is 19.2 Å². The van der Waals surface area contributed by atoms with Crippen LogP contribution in [0, 0.1) is 22.7 Å². The monoisotopic (exact) mass is 180 g/mol. The Morgan fingerprint density at radius 3 is 2.31 bits per heavy atom. The lowest BCUT2D eigenvalue weighted by atomic mass is 9.91. The average molecular weight is 180 g/mol. The van der Waals surface area contributed by atoms with E-state index in [1.165, 1.54) is 0 Å². The van der Waals surface area contributed by atoms with Crippen molar-refractivity contribution in [2.75, 3.05) is 0 Å². The molecule has 0 aromatic rings. The molecule has 1 aliphatic carbocycles. The molecule has 1 saturated carbocycles. The summed E-state index contributed by atoms with van der Waals surface area (Å²) in [5.74, 6) is 0.426. The van der Waals surface area contributed by atoms with Crippen LogP contribution in [0.2, 0.25) is 0 Å². The van der Waals surface area contributed by atoms with Crippen molar-refractivity contribution in [2.45, 2.75) is 39.7 Å². The van der Waals surface area contributed by atoms with Crippen LogP contribution in [0.1, 0.15) is 33.6 Å². The van der Waals surface area contributed by atoms with Gasteiger partial charge in [0.05, 0.1) is 11.5 Å². The molecule has 1 fully saturated rings. The van der Waals surface area contributed by atoms with Crippen LogP contribution in [0.5, 0.6) is 0 Å². The molecule has 0 radical (unpaired) electrons. The Balaban J connectivity index is 2.54. The van der Waals surface area contributed by atoms with E-state index in [0.29, 0.717) is 5.92 Å². The van der Waals surface area contributed by atoms with Crippen molar-refractivity contribution in [1.82, 2.24) is 5.32 Å². The number of rotatable bonds is 3. The van der Waals surface area contributed by atoms with Crippen molar-refractivity contribution in [3.05, 3.63) is 0 Å². The molecule has 3 heteroatoms. The molecule has 0 saturated heterocycles. The van der Waals surface area contributed by atoms with Crippen LogP contribution in [-0.4, -0.2) is 11.9 Å². The van der Waals surface area contributed by atoms with Gasteiger partial charge in [0.1, 0.15) is 6.04 Å². The van der Waals surface area contributed by atoms with Gasteiger partial charge in [0.25, 0.3) is 0 Å². The lowest BCUT2D eigenvalue weighted by molar-refractivity contribution is -0.128. The minimum atomic E-state index is -0.372. The van der Waals surface area contributed by atoms with E-state index >= 15 is 0 Å². The van der Waals surface area contributed by atoms with Crippen LogP contribution in [0.15, 0.2) is 0 Å². The highest BCUT2D eigenvalue weighted by Gasteiger charge is 2.52. The van der Waals surface area contributed by atoms with Gasteiger partial charge in [-0.05, 0) is 25.7 Å². The first-order valence-electron chi connectivity index (χ1n) is 4.73. The number of hydrogen-bond acceptors (Lipinski definition) is 2. The van der Waals surface area contributed by atoms with Crippen LogP contribution in [0.4, 0.5) is 0 Å². The van der Waals surface area contributed by atoms with Crippen molar-refractivity contribution in [3.8, 4) is 6.07 Å². The Morgan fingerprint density at radius 2 is 2.00 bits per heavy atom. The molecule has 1 N–H and O–H groups in total. The van der Waals surface area contributed by atoms with Gasteiger partial charge in [-0.25, -0.2) is 0 Å². The van der Waals surface area contributed by atoms with Crippen molar-refractivity contribution < 1.29 is 4.79 Å². The van der Waals surface area contributed by atoms with Crippen LogP contribution in [-0.2, 0) is 4.79 Å². The van der Waals surface area contributed by atoms with E-state index in [9.17, 15) is 4.79 Å². The fourth-order valence-electron chi connectivity index (χ4n) is 1.57.